The Balaban J connectivity index is 1.08. The maximum Gasteiger partial charge on any atom is 0.161 e. The highest BCUT2D eigenvalue weighted by Gasteiger charge is 2.49. The number of hydrogen-bond donors (Lipinski definition) is 0. The van der Waals surface area contributed by atoms with Crippen molar-refractivity contribution in [3.63, 3.8) is 0 Å². The Morgan fingerprint density at radius 3 is 1.44 bits per heavy atom. The van der Waals surface area contributed by atoms with E-state index in [1.807, 2.05) is 12.1 Å². The predicted molar refractivity (Wildman–Crippen MR) is 253 cm³/mol. The molecule has 3 nitrogen and oxygen atoms in total. The first kappa shape index (κ1) is 34.7. The zero-order chi connectivity index (χ0) is 40.8. The first-order chi connectivity index (χ1) is 30.7. The van der Waals surface area contributed by atoms with E-state index in [9.17, 15) is 0 Å². The standard InChI is InChI=1S/C59H36N2O/c1-2-16-37(17-3-1)40-18-4-7-25-48(40)58-60-54(36-55(61-58)39-30-32-47-46-24-11-15-29-56(46)62-57(47)35-39)38-31-33-53-49(34-38)42-20-6-5-19-41(42)43-21-8-12-26-50(43)59(53)51-27-13-9-22-44(51)45-23-10-14-28-52(45)59/h1-36H. The number of furan rings is 1. The maximum atomic E-state index is 6.41. The van der Waals surface area contributed by atoms with Gasteiger partial charge < -0.3 is 4.42 Å². The van der Waals surface area contributed by atoms with Crippen LogP contribution in [0, 0.1) is 0 Å². The van der Waals surface area contributed by atoms with Crippen LogP contribution in [0.15, 0.2) is 223 Å². The molecule has 9 aromatic carbocycles. The first-order valence-corrected chi connectivity index (χ1v) is 21.2. The maximum absolute atomic E-state index is 6.41. The van der Waals surface area contributed by atoms with E-state index in [-0.39, 0.29) is 0 Å². The van der Waals surface area contributed by atoms with Crippen molar-refractivity contribution >= 4 is 21.9 Å². The average Bonchev–Trinajstić information content (AvgIpc) is 3.84. The quantitative estimate of drug-likeness (QED) is 0.178. The van der Waals surface area contributed by atoms with Crippen molar-refractivity contribution in [1.82, 2.24) is 9.97 Å². The summed E-state index contributed by atoms with van der Waals surface area (Å²) < 4.78 is 6.41. The lowest BCUT2D eigenvalue weighted by Crippen LogP contribution is -2.29. The van der Waals surface area contributed by atoms with Crippen LogP contribution >= 0.6 is 0 Å². The van der Waals surface area contributed by atoms with Crippen molar-refractivity contribution in [2.75, 3.05) is 0 Å². The highest BCUT2D eigenvalue weighted by atomic mass is 16.3. The molecule has 2 aromatic heterocycles. The van der Waals surface area contributed by atoms with Gasteiger partial charge in [0.05, 0.1) is 16.8 Å². The van der Waals surface area contributed by atoms with Gasteiger partial charge in [0.25, 0.3) is 0 Å². The molecule has 13 rings (SSSR count). The molecule has 0 unspecified atom stereocenters. The van der Waals surface area contributed by atoms with Crippen molar-refractivity contribution in [1.29, 1.82) is 0 Å². The highest BCUT2D eigenvalue weighted by Crippen LogP contribution is 2.61. The summed E-state index contributed by atoms with van der Waals surface area (Å²) in [7, 11) is 0. The molecule has 0 saturated heterocycles. The van der Waals surface area contributed by atoms with Crippen molar-refractivity contribution in [3.05, 3.63) is 241 Å². The van der Waals surface area contributed by atoms with Crippen LogP contribution in [0.2, 0.25) is 0 Å². The van der Waals surface area contributed by atoms with Gasteiger partial charge in [0.15, 0.2) is 5.82 Å². The van der Waals surface area contributed by atoms with Crippen LogP contribution in [0.5, 0.6) is 0 Å². The van der Waals surface area contributed by atoms with Crippen LogP contribution in [0.1, 0.15) is 22.3 Å². The second kappa shape index (κ2) is 13.4. The molecular formula is C59H36N2O. The summed E-state index contributed by atoms with van der Waals surface area (Å²) in [4.78, 5) is 10.8. The minimum Gasteiger partial charge on any atom is -0.456 e. The third-order valence-electron chi connectivity index (χ3n) is 13.2. The molecule has 3 heteroatoms. The van der Waals surface area contributed by atoms with Gasteiger partial charge in [0.1, 0.15) is 11.2 Å². The molecule has 0 N–H and O–H groups in total. The molecular weight excluding hydrogens is 753 g/mol. The topological polar surface area (TPSA) is 38.9 Å². The van der Waals surface area contributed by atoms with Gasteiger partial charge in [-0.2, -0.15) is 0 Å². The largest absolute Gasteiger partial charge is 0.456 e. The Morgan fingerprint density at radius 1 is 0.290 bits per heavy atom. The second-order valence-corrected chi connectivity index (χ2v) is 16.4. The molecule has 0 saturated carbocycles. The molecule has 0 atom stereocenters. The molecule has 0 radical (unpaired) electrons. The Hall–Kier alpha value is -8.14. The van der Waals surface area contributed by atoms with Gasteiger partial charge in [-0.25, -0.2) is 9.97 Å². The number of aromatic nitrogens is 2. The average molecular weight is 789 g/mol. The lowest BCUT2D eigenvalue weighted by atomic mass is 9.66. The Labute approximate surface area is 359 Å². The second-order valence-electron chi connectivity index (χ2n) is 16.4. The van der Waals surface area contributed by atoms with Crippen molar-refractivity contribution in [2.24, 2.45) is 0 Å². The van der Waals surface area contributed by atoms with Crippen LogP contribution in [0.4, 0.5) is 0 Å². The van der Waals surface area contributed by atoms with Crippen molar-refractivity contribution in [3.8, 4) is 78.4 Å². The number of fused-ring (bicyclic) bond motifs is 15. The summed E-state index contributed by atoms with van der Waals surface area (Å²) in [6.45, 7) is 0. The third-order valence-corrected chi connectivity index (χ3v) is 13.2. The van der Waals surface area contributed by atoms with Crippen LogP contribution in [0.25, 0.3) is 100 Å². The molecule has 62 heavy (non-hydrogen) atoms. The van der Waals surface area contributed by atoms with E-state index >= 15 is 0 Å². The molecule has 0 aliphatic heterocycles. The van der Waals surface area contributed by atoms with E-state index in [0.717, 1.165) is 61.1 Å². The van der Waals surface area contributed by atoms with Gasteiger partial charge in [-0.1, -0.05) is 188 Å². The number of benzene rings is 9. The minimum absolute atomic E-state index is 0.546. The zero-order valence-corrected chi connectivity index (χ0v) is 33.6. The van der Waals surface area contributed by atoms with Crippen LogP contribution in [-0.4, -0.2) is 9.97 Å². The molecule has 0 fully saturated rings. The molecule has 0 bridgehead atoms. The Kier molecular flexibility index (Phi) is 7.52. The van der Waals surface area contributed by atoms with Crippen LogP contribution in [0.3, 0.4) is 0 Å². The fourth-order valence-corrected chi connectivity index (χ4v) is 10.5. The third kappa shape index (κ3) is 5.00. The SMILES string of the molecule is c1ccc(-c2ccccc2-c2nc(-c3ccc4c(c3)-c3ccccc3-c3ccccc3C43c4ccccc4-c4ccccc43)cc(-c3ccc4c(c3)oc3ccccc34)n2)cc1. The lowest BCUT2D eigenvalue weighted by molar-refractivity contribution is 0.669. The fraction of sp³-hybridized carbons (Fsp3) is 0.0169. The first-order valence-electron chi connectivity index (χ1n) is 21.2. The van der Waals surface area contributed by atoms with E-state index in [1.54, 1.807) is 0 Å². The molecule has 2 heterocycles. The minimum atomic E-state index is -0.546. The predicted octanol–water partition coefficient (Wildman–Crippen LogP) is 15.1. The number of para-hydroxylation sites is 1. The van der Waals surface area contributed by atoms with Crippen molar-refractivity contribution in [2.45, 2.75) is 5.41 Å². The molecule has 2 aliphatic rings. The summed E-state index contributed by atoms with van der Waals surface area (Å²) in [6.07, 6.45) is 0. The van der Waals surface area contributed by atoms with Crippen LogP contribution < -0.4 is 0 Å². The van der Waals surface area contributed by atoms with E-state index in [0.29, 0.717) is 5.82 Å². The van der Waals surface area contributed by atoms with Gasteiger partial charge >= 0.3 is 0 Å². The Bertz CT molecular complexity index is 3550. The summed E-state index contributed by atoms with van der Waals surface area (Å²) >= 11 is 0. The van der Waals surface area contributed by atoms with E-state index in [1.165, 1.54) is 55.6 Å². The Morgan fingerprint density at radius 2 is 0.758 bits per heavy atom. The monoisotopic (exact) mass is 788 g/mol. The lowest BCUT2D eigenvalue weighted by Gasteiger charge is -2.35. The van der Waals surface area contributed by atoms with Gasteiger partial charge in [0, 0.05) is 27.5 Å². The van der Waals surface area contributed by atoms with Crippen molar-refractivity contribution < 1.29 is 4.42 Å². The zero-order valence-electron chi connectivity index (χ0n) is 33.6. The smallest absolute Gasteiger partial charge is 0.161 e. The summed E-state index contributed by atoms with van der Waals surface area (Å²) in [5, 5.41) is 2.19. The van der Waals surface area contributed by atoms with Gasteiger partial charge in [-0.15, -0.1) is 0 Å². The van der Waals surface area contributed by atoms with Gasteiger partial charge in [-0.3, -0.25) is 0 Å². The number of rotatable bonds is 4. The molecule has 2 aliphatic carbocycles. The van der Waals surface area contributed by atoms with E-state index in [2.05, 4.69) is 206 Å². The van der Waals surface area contributed by atoms with Gasteiger partial charge in [-0.05, 0) is 97.1 Å². The summed E-state index contributed by atoms with van der Waals surface area (Å²) in [5.74, 6) is 0.666. The molecule has 11 aromatic rings. The molecule has 288 valence electrons. The molecule has 1 spiro atoms. The fourth-order valence-electron chi connectivity index (χ4n) is 10.5. The normalized spacial score (nSPS) is 13.0. The summed E-state index contributed by atoms with van der Waals surface area (Å²) in [5.41, 5.74) is 20.6. The highest BCUT2D eigenvalue weighted by molar-refractivity contribution is 6.06. The van der Waals surface area contributed by atoms with E-state index < -0.39 is 5.41 Å². The molecule has 0 amide bonds. The number of nitrogens with zero attached hydrogens (tertiary/aromatic N) is 2. The summed E-state index contributed by atoms with van der Waals surface area (Å²) in [6, 6.07) is 78.7. The van der Waals surface area contributed by atoms with E-state index in [4.69, 9.17) is 14.4 Å². The number of hydrogen-bond acceptors (Lipinski definition) is 3. The van der Waals surface area contributed by atoms with Crippen LogP contribution in [-0.2, 0) is 5.41 Å². The van der Waals surface area contributed by atoms with Gasteiger partial charge in [0.2, 0.25) is 0 Å².